The van der Waals surface area contributed by atoms with Crippen molar-refractivity contribution in [3.63, 3.8) is 0 Å². The molecule has 1 fully saturated rings. The Kier molecular flexibility index (Phi) is 4.40. The first kappa shape index (κ1) is 16.1. The Labute approximate surface area is 147 Å². The van der Waals surface area contributed by atoms with E-state index in [4.69, 9.17) is 9.47 Å². The van der Waals surface area contributed by atoms with Crippen LogP contribution in [0, 0.1) is 11.8 Å². The minimum Gasteiger partial charge on any atom is -0.454 e. The molecule has 1 N–H and O–H groups in total. The van der Waals surface area contributed by atoms with Gasteiger partial charge in [-0.05, 0) is 43.4 Å². The third-order valence-electron chi connectivity index (χ3n) is 5.26. The maximum Gasteiger partial charge on any atom is 0.231 e. The number of rotatable bonds is 5. The molecule has 5 nitrogen and oxygen atoms in total. The zero-order valence-electron chi connectivity index (χ0n) is 14.2. The average Bonchev–Trinajstić information content (AvgIpc) is 3.11. The van der Waals surface area contributed by atoms with Gasteiger partial charge in [-0.2, -0.15) is 0 Å². The average molecular weight is 338 g/mol. The molecule has 5 heteroatoms. The van der Waals surface area contributed by atoms with Crippen LogP contribution in [0.4, 0.5) is 0 Å². The molecule has 4 rings (SSSR count). The van der Waals surface area contributed by atoms with Crippen LogP contribution >= 0.6 is 0 Å². The van der Waals surface area contributed by atoms with E-state index in [2.05, 4.69) is 16.9 Å². The van der Waals surface area contributed by atoms with Crippen LogP contribution in [0.15, 0.2) is 37.1 Å². The van der Waals surface area contributed by atoms with Crippen molar-refractivity contribution in [2.75, 3.05) is 19.9 Å². The fraction of sp³-hybridized carbons (Fsp3) is 0.400. The Morgan fingerprint density at radius 2 is 2.20 bits per heavy atom. The molecule has 0 amide bonds. The summed E-state index contributed by atoms with van der Waals surface area (Å²) >= 11 is 0. The van der Waals surface area contributed by atoms with Gasteiger partial charge in [-0.3, -0.25) is 9.78 Å². The van der Waals surface area contributed by atoms with Crippen molar-refractivity contribution < 1.29 is 14.3 Å². The van der Waals surface area contributed by atoms with E-state index in [1.807, 2.05) is 18.2 Å². The predicted octanol–water partition coefficient (Wildman–Crippen LogP) is 3.34. The van der Waals surface area contributed by atoms with E-state index in [9.17, 15) is 4.79 Å². The molecule has 2 atom stereocenters. The molecule has 0 bridgehead atoms. The summed E-state index contributed by atoms with van der Waals surface area (Å²) in [5.74, 6) is 2.50. The molecule has 130 valence electrons. The molecule has 2 aliphatic heterocycles. The number of ether oxygens (including phenoxy) is 2. The number of fused-ring (bicyclic) bond motifs is 2. The molecule has 1 aromatic carbocycles. The number of hydrogen-bond donors (Lipinski definition) is 1. The number of aromatic nitrogens is 1. The summed E-state index contributed by atoms with van der Waals surface area (Å²) in [5, 5.41) is 4.23. The van der Waals surface area contributed by atoms with Gasteiger partial charge in [0.05, 0.1) is 5.52 Å². The van der Waals surface area contributed by atoms with Crippen LogP contribution in [0.3, 0.4) is 0 Å². The second-order valence-electron chi connectivity index (χ2n) is 6.70. The quantitative estimate of drug-likeness (QED) is 0.669. The number of carbonyl (C=O) groups excluding carboxylic acids is 1. The van der Waals surface area contributed by atoms with E-state index in [0.29, 0.717) is 35.3 Å². The molecule has 0 radical (unpaired) electrons. The number of nitrogens with one attached hydrogen (secondary N) is 1. The highest BCUT2D eigenvalue weighted by molar-refractivity contribution is 6.07. The predicted molar refractivity (Wildman–Crippen MR) is 96.1 cm³/mol. The van der Waals surface area contributed by atoms with Gasteiger partial charge in [0, 0.05) is 36.2 Å². The smallest absolute Gasteiger partial charge is 0.231 e. The highest BCUT2D eigenvalue weighted by Crippen LogP contribution is 2.36. The molecule has 0 saturated carbocycles. The first-order valence-electron chi connectivity index (χ1n) is 8.81. The van der Waals surface area contributed by atoms with E-state index in [-0.39, 0.29) is 12.6 Å². The molecule has 3 heterocycles. The summed E-state index contributed by atoms with van der Waals surface area (Å²) < 4.78 is 10.8. The highest BCUT2D eigenvalue weighted by atomic mass is 16.7. The van der Waals surface area contributed by atoms with Crippen LogP contribution in [0.5, 0.6) is 11.5 Å². The number of hydrogen-bond acceptors (Lipinski definition) is 5. The number of benzene rings is 1. The molecule has 1 saturated heterocycles. The van der Waals surface area contributed by atoms with E-state index < -0.39 is 0 Å². The van der Waals surface area contributed by atoms with Gasteiger partial charge in [0.25, 0.3) is 0 Å². The zero-order chi connectivity index (χ0) is 17.2. The summed E-state index contributed by atoms with van der Waals surface area (Å²) in [7, 11) is 0. The van der Waals surface area contributed by atoms with E-state index >= 15 is 0 Å². The van der Waals surface area contributed by atoms with Gasteiger partial charge in [0.1, 0.15) is 0 Å². The fourth-order valence-electron chi connectivity index (χ4n) is 3.80. The number of ketones is 1. The van der Waals surface area contributed by atoms with Gasteiger partial charge >= 0.3 is 0 Å². The lowest BCUT2D eigenvalue weighted by molar-refractivity contribution is 0.0968. The summed E-state index contributed by atoms with van der Waals surface area (Å²) in [4.78, 5) is 17.2. The monoisotopic (exact) mass is 338 g/mol. The third kappa shape index (κ3) is 3.12. The zero-order valence-corrected chi connectivity index (χ0v) is 14.2. The lowest BCUT2D eigenvalue weighted by Gasteiger charge is -2.29. The summed E-state index contributed by atoms with van der Waals surface area (Å²) in [6.45, 7) is 6.13. The minimum atomic E-state index is 0.160. The highest BCUT2D eigenvalue weighted by Gasteiger charge is 2.24. The van der Waals surface area contributed by atoms with Crippen molar-refractivity contribution >= 4 is 16.7 Å². The van der Waals surface area contributed by atoms with Crippen molar-refractivity contribution in [1.29, 1.82) is 0 Å². The van der Waals surface area contributed by atoms with Crippen LogP contribution in [0.2, 0.25) is 0 Å². The van der Waals surface area contributed by atoms with Crippen molar-refractivity contribution in [2.45, 2.75) is 19.3 Å². The molecule has 0 spiro atoms. The minimum absolute atomic E-state index is 0.160. The van der Waals surface area contributed by atoms with Gasteiger partial charge in [-0.15, -0.1) is 6.58 Å². The van der Waals surface area contributed by atoms with E-state index in [0.717, 1.165) is 36.8 Å². The lowest BCUT2D eigenvalue weighted by Crippen LogP contribution is -2.35. The molecule has 0 unspecified atom stereocenters. The number of pyridine rings is 1. The Morgan fingerprint density at radius 3 is 3.04 bits per heavy atom. The topological polar surface area (TPSA) is 60.5 Å². The molecular weight excluding hydrogens is 316 g/mol. The first-order valence-corrected chi connectivity index (χ1v) is 8.81. The maximum absolute atomic E-state index is 12.9. The number of Topliss-reactive ketones (excluding diaryl/α,β-unsaturated/α-hetero) is 1. The second kappa shape index (κ2) is 6.84. The van der Waals surface area contributed by atoms with Crippen LogP contribution in [-0.4, -0.2) is 30.6 Å². The SMILES string of the molecule is C=C[C@H]1CNCC[C@H]1CCC(=O)c1ccnc2cc3c(cc12)OCO3. The normalized spacial score (nSPS) is 22.1. The molecule has 0 aliphatic carbocycles. The van der Waals surface area contributed by atoms with Gasteiger partial charge in [0.15, 0.2) is 17.3 Å². The largest absolute Gasteiger partial charge is 0.454 e. The van der Waals surface area contributed by atoms with Gasteiger partial charge in [-0.25, -0.2) is 0 Å². The third-order valence-corrected chi connectivity index (χ3v) is 5.26. The number of piperidine rings is 1. The van der Waals surface area contributed by atoms with E-state index in [1.165, 1.54) is 0 Å². The molecule has 2 aromatic rings. The second-order valence-corrected chi connectivity index (χ2v) is 6.70. The van der Waals surface area contributed by atoms with Crippen molar-refractivity contribution in [3.8, 4) is 11.5 Å². The van der Waals surface area contributed by atoms with Crippen molar-refractivity contribution in [1.82, 2.24) is 10.3 Å². The Bertz CT molecular complexity index is 818. The van der Waals surface area contributed by atoms with Crippen molar-refractivity contribution in [2.24, 2.45) is 11.8 Å². The Balaban J connectivity index is 1.55. The van der Waals surface area contributed by atoms with Crippen LogP contribution in [-0.2, 0) is 0 Å². The van der Waals surface area contributed by atoms with Crippen molar-refractivity contribution in [3.05, 3.63) is 42.6 Å². The number of nitrogens with zero attached hydrogens (tertiary/aromatic N) is 1. The molecule has 1 aromatic heterocycles. The lowest BCUT2D eigenvalue weighted by atomic mass is 9.82. The van der Waals surface area contributed by atoms with Crippen LogP contribution in [0.25, 0.3) is 10.9 Å². The number of carbonyl (C=O) groups is 1. The van der Waals surface area contributed by atoms with Gasteiger partial charge in [0.2, 0.25) is 6.79 Å². The summed E-state index contributed by atoms with van der Waals surface area (Å²) in [5.41, 5.74) is 1.48. The summed E-state index contributed by atoms with van der Waals surface area (Å²) in [6, 6.07) is 5.52. The molecular formula is C20H22N2O3. The Hall–Kier alpha value is -2.40. The van der Waals surface area contributed by atoms with Gasteiger partial charge < -0.3 is 14.8 Å². The standard InChI is InChI=1S/C20H22N2O3/c1-2-13-11-21-7-5-14(13)3-4-18(23)15-6-8-22-17-10-20-19(9-16(15)17)24-12-25-20/h2,6,8-10,13-14,21H,1,3-5,7,11-12H2/t13-,14+/m0/s1. The maximum atomic E-state index is 12.9. The fourth-order valence-corrected chi connectivity index (χ4v) is 3.80. The van der Waals surface area contributed by atoms with E-state index in [1.54, 1.807) is 12.3 Å². The van der Waals surface area contributed by atoms with Gasteiger partial charge in [-0.1, -0.05) is 6.08 Å². The molecule has 25 heavy (non-hydrogen) atoms. The molecule has 2 aliphatic rings. The van der Waals surface area contributed by atoms with Crippen LogP contribution < -0.4 is 14.8 Å². The summed E-state index contributed by atoms with van der Waals surface area (Å²) in [6.07, 6.45) is 6.24. The van der Waals surface area contributed by atoms with Crippen LogP contribution in [0.1, 0.15) is 29.6 Å². The Morgan fingerprint density at radius 1 is 1.36 bits per heavy atom. The first-order chi connectivity index (χ1) is 12.3.